The predicted octanol–water partition coefficient (Wildman–Crippen LogP) is 0.489. The Morgan fingerprint density at radius 3 is 2.88 bits per heavy atom. The smallest absolute Gasteiger partial charge is 0.220 e. The lowest BCUT2D eigenvalue weighted by atomic mass is 10.2. The Balaban J connectivity index is 2.32. The molecule has 1 N–H and O–H groups in total. The highest BCUT2D eigenvalue weighted by Gasteiger charge is 2.17. The summed E-state index contributed by atoms with van der Waals surface area (Å²) in [5, 5.41) is 2.80. The van der Waals surface area contributed by atoms with Gasteiger partial charge in [-0.15, -0.1) is 0 Å². The summed E-state index contributed by atoms with van der Waals surface area (Å²) in [6.45, 7) is 3.69. The van der Waals surface area contributed by atoms with Gasteiger partial charge in [0.25, 0.3) is 0 Å². The Morgan fingerprint density at radius 1 is 1.88 bits per heavy atom. The molecule has 2 heteroatoms. The van der Waals surface area contributed by atoms with E-state index in [1.54, 1.807) is 0 Å². The molecule has 1 heterocycles. The molecule has 1 rings (SSSR count). The van der Waals surface area contributed by atoms with Crippen molar-refractivity contribution in [2.24, 2.45) is 0 Å². The van der Waals surface area contributed by atoms with E-state index in [1.807, 2.05) is 0 Å². The van der Waals surface area contributed by atoms with Crippen LogP contribution in [0.1, 0.15) is 19.3 Å². The molecule has 0 spiro atoms. The highest BCUT2D eigenvalue weighted by atomic mass is 16.1. The number of carbonyl (C=O) groups is 1. The van der Waals surface area contributed by atoms with Crippen molar-refractivity contribution >= 4 is 5.91 Å². The zero-order chi connectivity index (χ0) is 5.98. The van der Waals surface area contributed by atoms with E-state index in [-0.39, 0.29) is 5.91 Å². The first-order chi connectivity index (χ1) is 3.83. The highest BCUT2D eigenvalue weighted by Crippen LogP contribution is 2.07. The van der Waals surface area contributed by atoms with E-state index in [2.05, 4.69) is 12.2 Å². The topological polar surface area (TPSA) is 29.1 Å². The van der Waals surface area contributed by atoms with Gasteiger partial charge in [0.1, 0.15) is 0 Å². The van der Waals surface area contributed by atoms with Crippen LogP contribution in [-0.4, -0.2) is 11.9 Å². The highest BCUT2D eigenvalue weighted by molar-refractivity contribution is 5.78. The largest absolute Gasteiger partial charge is 0.353 e. The van der Waals surface area contributed by atoms with E-state index in [9.17, 15) is 4.79 Å². The Labute approximate surface area is 49.3 Å². The average molecular weight is 112 g/mol. The second kappa shape index (κ2) is 2.16. The molecular formula is C6H10NO. The minimum atomic E-state index is 0.179. The van der Waals surface area contributed by atoms with Crippen LogP contribution in [0.2, 0.25) is 0 Å². The minimum Gasteiger partial charge on any atom is -0.353 e. The molecule has 1 atom stereocenters. The molecule has 1 amide bonds. The zero-order valence-corrected chi connectivity index (χ0v) is 4.81. The number of carbonyl (C=O) groups excluding carboxylic acids is 1. The van der Waals surface area contributed by atoms with Crippen molar-refractivity contribution in [3.05, 3.63) is 6.92 Å². The quantitative estimate of drug-likeness (QED) is 0.525. The molecule has 1 fully saturated rings. The van der Waals surface area contributed by atoms with Crippen LogP contribution in [0.4, 0.5) is 0 Å². The van der Waals surface area contributed by atoms with Crippen LogP contribution in [0.25, 0.3) is 0 Å². The molecule has 0 aliphatic carbocycles. The summed E-state index contributed by atoms with van der Waals surface area (Å²) in [4.78, 5) is 10.5. The van der Waals surface area contributed by atoms with Gasteiger partial charge in [0, 0.05) is 12.5 Å². The number of hydrogen-bond acceptors (Lipinski definition) is 1. The van der Waals surface area contributed by atoms with Crippen LogP contribution >= 0.6 is 0 Å². The van der Waals surface area contributed by atoms with Crippen LogP contribution in [0.15, 0.2) is 0 Å². The summed E-state index contributed by atoms with van der Waals surface area (Å²) in [5.41, 5.74) is 0. The van der Waals surface area contributed by atoms with Crippen molar-refractivity contribution in [2.45, 2.75) is 25.3 Å². The second-order valence-electron chi connectivity index (χ2n) is 2.09. The van der Waals surface area contributed by atoms with Gasteiger partial charge in [-0.2, -0.15) is 0 Å². The van der Waals surface area contributed by atoms with Crippen LogP contribution in [0, 0.1) is 6.92 Å². The van der Waals surface area contributed by atoms with Gasteiger partial charge in [-0.05, 0) is 12.8 Å². The molecule has 0 aromatic rings. The van der Waals surface area contributed by atoms with E-state index >= 15 is 0 Å². The molecule has 2 nitrogen and oxygen atoms in total. The van der Waals surface area contributed by atoms with Crippen molar-refractivity contribution in [3.8, 4) is 0 Å². The summed E-state index contributed by atoms with van der Waals surface area (Å²) < 4.78 is 0. The van der Waals surface area contributed by atoms with Crippen molar-refractivity contribution < 1.29 is 4.79 Å². The van der Waals surface area contributed by atoms with E-state index in [0.29, 0.717) is 12.5 Å². The third kappa shape index (κ3) is 0.997. The Bertz CT molecular complexity index is 101. The Kier molecular flexibility index (Phi) is 1.51. The monoisotopic (exact) mass is 112 g/mol. The molecule has 45 valence electrons. The molecule has 8 heavy (non-hydrogen) atoms. The Morgan fingerprint density at radius 2 is 2.62 bits per heavy atom. The van der Waals surface area contributed by atoms with Gasteiger partial charge < -0.3 is 5.32 Å². The summed E-state index contributed by atoms with van der Waals surface area (Å²) in [5.74, 6) is 0.179. The van der Waals surface area contributed by atoms with E-state index in [1.165, 1.54) is 0 Å². The first kappa shape index (κ1) is 5.60. The van der Waals surface area contributed by atoms with Crippen molar-refractivity contribution in [3.63, 3.8) is 0 Å². The van der Waals surface area contributed by atoms with E-state index in [4.69, 9.17) is 0 Å². The molecule has 0 saturated carbocycles. The molecule has 1 aliphatic heterocycles. The SMILES string of the molecule is [CH2]C[C@H]1CCC(=O)N1. The van der Waals surface area contributed by atoms with E-state index < -0.39 is 0 Å². The molecule has 0 aromatic carbocycles. The summed E-state index contributed by atoms with van der Waals surface area (Å²) in [6, 6.07) is 0.363. The number of nitrogens with one attached hydrogen (secondary N) is 1. The molecule has 1 saturated heterocycles. The molecule has 1 aliphatic rings. The van der Waals surface area contributed by atoms with Crippen molar-refractivity contribution in [2.75, 3.05) is 0 Å². The Hall–Kier alpha value is -0.530. The average Bonchev–Trinajstić information content (AvgIpc) is 2.14. The maximum atomic E-state index is 10.5. The number of hydrogen-bond donors (Lipinski definition) is 1. The molecule has 0 bridgehead atoms. The lowest BCUT2D eigenvalue weighted by Gasteiger charge is -2.02. The van der Waals surface area contributed by atoms with Gasteiger partial charge in [0.2, 0.25) is 5.91 Å². The maximum absolute atomic E-state index is 10.5. The molecule has 0 unspecified atom stereocenters. The summed E-state index contributed by atoms with van der Waals surface area (Å²) in [7, 11) is 0. The third-order valence-corrected chi connectivity index (χ3v) is 1.43. The van der Waals surface area contributed by atoms with Gasteiger partial charge in [0.05, 0.1) is 0 Å². The van der Waals surface area contributed by atoms with Gasteiger partial charge in [0.15, 0.2) is 0 Å². The molecular weight excluding hydrogens is 102 g/mol. The molecule has 0 aromatic heterocycles. The van der Waals surface area contributed by atoms with Crippen LogP contribution in [0.5, 0.6) is 0 Å². The van der Waals surface area contributed by atoms with Crippen LogP contribution in [0.3, 0.4) is 0 Å². The molecule has 1 radical (unpaired) electrons. The normalized spacial score (nSPS) is 28.1. The number of amides is 1. The third-order valence-electron chi connectivity index (χ3n) is 1.43. The van der Waals surface area contributed by atoms with Gasteiger partial charge in [-0.25, -0.2) is 0 Å². The van der Waals surface area contributed by atoms with Crippen molar-refractivity contribution in [1.29, 1.82) is 0 Å². The second-order valence-corrected chi connectivity index (χ2v) is 2.09. The zero-order valence-electron chi connectivity index (χ0n) is 4.81. The fourth-order valence-electron chi connectivity index (χ4n) is 0.894. The van der Waals surface area contributed by atoms with Crippen LogP contribution in [-0.2, 0) is 4.79 Å². The van der Waals surface area contributed by atoms with Crippen molar-refractivity contribution in [1.82, 2.24) is 5.32 Å². The minimum absolute atomic E-state index is 0.179. The summed E-state index contributed by atoms with van der Waals surface area (Å²) >= 11 is 0. The van der Waals surface area contributed by atoms with Gasteiger partial charge in [-0.3, -0.25) is 4.79 Å². The standard InChI is InChI=1S/C6H10NO/c1-2-5-3-4-6(8)7-5/h5H,1-4H2,(H,7,8)/t5-/m0/s1. The van der Waals surface area contributed by atoms with Crippen LogP contribution < -0.4 is 5.32 Å². The lowest BCUT2D eigenvalue weighted by Crippen LogP contribution is -2.23. The van der Waals surface area contributed by atoms with E-state index in [0.717, 1.165) is 12.8 Å². The van der Waals surface area contributed by atoms with Gasteiger partial charge in [-0.1, -0.05) is 6.92 Å². The predicted molar refractivity (Wildman–Crippen MR) is 31.1 cm³/mol. The number of rotatable bonds is 1. The fraction of sp³-hybridized carbons (Fsp3) is 0.667. The first-order valence-corrected chi connectivity index (χ1v) is 2.91. The fourth-order valence-corrected chi connectivity index (χ4v) is 0.894. The summed E-state index contributed by atoms with van der Waals surface area (Å²) in [6.07, 6.45) is 2.49. The lowest BCUT2D eigenvalue weighted by molar-refractivity contribution is -0.119. The van der Waals surface area contributed by atoms with Gasteiger partial charge >= 0.3 is 0 Å². The maximum Gasteiger partial charge on any atom is 0.220 e. The first-order valence-electron chi connectivity index (χ1n) is 2.91.